The summed E-state index contributed by atoms with van der Waals surface area (Å²) in [5.74, 6) is -3.14. The van der Waals surface area contributed by atoms with Crippen molar-refractivity contribution >= 4 is 29.8 Å². The summed E-state index contributed by atoms with van der Waals surface area (Å²) in [5.41, 5.74) is -2.64. The molecule has 0 aliphatic rings. The molecule has 16 nitrogen and oxygen atoms in total. The molecule has 0 amide bonds. The van der Waals surface area contributed by atoms with Crippen molar-refractivity contribution in [3.63, 3.8) is 0 Å². The van der Waals surface area contributed by atoms with Crippen LogP contribution in [0.4, 0.5) is 0 Å². The number of esters is 5. The van der Waals surface area contributed by atoms with Crippen molar-refractivity contribution < 1.29 is 47.7 Å². The van der Waals surface area contributed by atoms with E-state index in [1.54, 1.807) is 6.92 Å². The van der Waals surface area contributed by atoms with E-state index >= 15 is 0 Å². The van der Waals surface area contributed by atoms with Gasteiger partial charge >= 0.3 is 46.9 Å². The fourth-order valence-electron chi connectivity index (χ4n) is 2.59. The molecule has 1 aromatic heterocycles. The highest BCUT2D eigenvalue weighted by Gasteiger charge is 2.16. The molecule has 42 heavy (non-hydrogen) atoms. The van der Waals surface area contributed by atoms with Crippen LogP contribution < -0.4 is 17.1 Å². The van der Waals surface area contributed by atoms with Gasteiger partial charge in [-0.15, -0.1) is 0 Å². The maximum absolute atomic E-state index is 12.6. The van der Waals surface area contributed by atoms with Gasteiger partial charge in [0.05, 0.1) is 19.6 Å². The van der Waals surface area contributed by atoms with Crippen LogP contribution in [-0.4, -0.2) is 76.6 Å². The zero-order chi connectivity index (χ0) is 32.2. The van der Waals surface area contributed by atoms with Crippen LogP contribution in [-0.2, 0) is 67.3 Å². The molecular formula is C26H33N3O13. The Labute approximate surface area is 239 Å². The van der Waals surface area contributed by atoms with E-state index in [1.165, 1.54) is 6.92 Å². The van der Waals surface area contributed by atoms with Crippen LogP contribution in [0.2, 0.25) is 0 Å². The van der Waals surface area contributed by atoms with Crippen LogP contribution in [0.15, 0.2) is 64.5 Å². The SMILES string of the molecule is C=C(C)C(=O)OCCOC(C)=O.C=CC(=O)OCCn1c(=O)n(CCOC(=O)C=C)c(=O)n(CCOC(=O)C=C)c1=O. The molecule has 1 aromatic rings. The molecular weight excluding hydrogens is 562 g/mol. The van der Waals surface area contributed by atoms with Gasteiger partial charge in [0.1, 0.15) is 33.0 Å². The first-order valence-electron chi connectivity index (χ1n) is 12.1. The minimum absolute atomic E-state index is 0.0747. The largest absolute Gasteiger partial charge is 0.462 e. The average molecular weight is 596 g/mol. The summed E-state index contributed by atoms with van der Waals surface area (Å²) in [5, 5.41) is 0. The van der Waals surface area contributed by atoms with Crippen LogP contribution in [0.5, 0.6) is 0 Å². The highest BCUT2D eigenvalue weighted by Crippen LogP contribution is 1.91. The predicted octanol–water partition coefficient (Wildman–Crippen LogP) is -0.972. The second-order valence-electron chi connectivity index (χ2n) is 7.67. The molecule has 1 rings (SSSR count). The molecule has 0 N–H and O–H groups in total. The van der Waals surface area contributed by atoms with Gasteiger partial charge in [-0.05, 0) is 6.92 Å². The highest BCUT2D eigenvalue weighted by molar-refractivity contribution is 5.86. The van der Waals surface area contributed by atoms with Gasteiger partial charge in [0.2, 0.25) is 0 Å². The summed E-state index contributed by atoms with van der Waals surface area (Å²) in [7, 11) is 0. The summed E-state index contributed by atoms with van der Waals surface area (Å²) >= 11 is 0. The molecule has 230 valence electrons. The lowest BCUT2D eigenvalue weighted by molar-refractivity contribution is -0.148. The molecule has 0 bridgehead atoms. The van der Waals surface area contributed by atoms with Gasteiger partial charge in [0, 0.05) is 30.7 Å². The highest BCUT2D eigenvalue weighted by atomic mass is 16.6. The second kappa shape index (κ2) is 19.7. The summed E-state index contributed by atoms with van der Waals surface area (Å²) < 4.78 is 25.4. The quantitative estimate of drug-likeness (QED) is 0.0980. The van der Waals surface area contributed by atoms with Crippen LogP contribution >= 0.6 is 0 Å². The smallest absolute Gasteiger partial charge is 0.336 e. The zero-order valence-corrected chi connectivity index (χ0v) is 23.4. The van der Waals surface area contributed by atoms with Crippen LogP contribution in [0, 0.1) is 0 Å². The lowest BCUT2D eigenvalue weighted by Crippen LogP contribution is -2.55. The molecule has 0 saturated carbocycles. The molecule has 0 aliphatic carbocycles. The summed E-state index contributed by atoms with van der Waals surface area (Å²) in [6.07, 6.45) is 2.72. The lowest BCUT2D eigenvalue weighted by atomic mass is 10.4. The normalized spacial score (nSPS) is 9.67. The average Bonchev–Trinajstić information content (AvgIpc) is 2.95. The molecule has 0 aliphatic heterocycles. The standard InChI is InChI=1S/C18H21N3O9.C8H12O4/c1-4-13(22)28-10-7-19-16(25)20(8-11-29-14(23)5-2)18(27)21(17(19)26)9-12-30-15(24)6-3;1-6(2)8(10)12-5-4-11-7(3)9/h4-6H,1-3,7-12H2;1,4-5H2,2-3H3. The minimum Gasteiger partial charge on any atom is -0.462 e. The number of rotatable bonds is 16. The molecule has 0 radical (unpaired) electrons. The molecule has 0 atom stereocenters. The molecule has 0 unspecified atom stereocenters. The molecule has 0 spiro atoms. The van der Waals surface area contributed by atoms with Crippen molar-refractivity contribution in [3.05, 3.63) is 81.6 Å². The first-order chi connectivity index (χ1) is 19.8. The fourth-order valence-corrected chi connectivity index (χ4v) is 2.59. The molecule has 16 heteroatoms. The number of carbonyl (C=O) groups is 5. The lowest BCUT2D eigenvalue weighted by Gasteiger charge is -2.14. The number of hydrogen-bond donors (Lipinski definition) is 0. The minimum atomic E-state index is -0.992. The third-order valence-corrected chi connectivity index (χ3v) is 4.53. The maximum Gasteiger partial charge on any atom is 0.336 e. The molecule has 0 aromatic carbocycles. The first-order valence-corrected chi connectivity index (χ1v) is 12.1. The third-order valence-electron chi connectivity index (χ3n) is 4.53. The van der Waals surface area contributed by atoms with Crippen LogP contribution in [0.3, 0.4) is 0 Å². The molecule has 0 saturated heterocycles. The van der Waals surface area contributed by atoms with Gasteiger partial charge in [-0.2, -0.15) is 0 Å². The zero-order valence-electron chi connectivity index (χ0n) is 23.4. The van der Waals surface area contributed by atoms with E-state index in [4.69, 9.17) is 14.2 Å². The van der Waals surface area contributed by atoms with Crippen molar-refractivity contribution in [2.45, 2.75) is 33.5 Å². The Hall–Kier alpha value is -5.28. The van der Waals surface area contributed by atoms with Gasteiger partial charge in [0.25, 0.3) is 0 Å². The number of nitrogens with zero attached hydrogens (tertiary/aromatic N) is 3. The van der Waals surface area contributed by atoms with Gasteiger partial charge < -0.3 is 23.7 Å². The van der Waals surface area contributed by atoms with E-state index in [1.807, 2.05) is 0 Å². The van der Waals surface area contributed by atoms with E-state index in [9.17, 15) is 38.4 Å². The van der Waals surface area contributed by atoms with Crippen molar-refractivity contribution in [2.75, 3.05) is 33.0 Å². The number of ether oxygens (including phenoxy) is 5. The van der Waals surface area contributed by atoms with E-state index in [0.717, 1.165) is 18.2 Å². The van der Waals surface area contributed by atoms with Crippen molar-refractivity contribution in [1.29, 1.82) is 0 Å². The van der Waals surface area contributed by atoms with E-state index in [0.29, 0.717) is 19.3 Å². The topological polar surface area (TPSA) is 198 Å². The van der Waals surface area contributed by atoms with E-state index < -0.39 is 40.9 Å². The Morgan fingerprint density at radius 3 is 1.14 bits per heavy atom. The van der Waals surface area contributed by atoms with E-state index in [2.05, 4.69) is 35.8 Å². The maximum atomic E-state index is 12.6. The summed E-state index contributed by atoms with van der Waals surface area (Å²) in [6, 6.07) is 0. The summed E-state index contributed by atoms with van der Waals surface area (Å²) in [4.78, 5) is 92.1. The Balaban J connectivity index is 0.00000118. The molecule has 1 heterocycles. The van der Waals surface area contributed by atoms with Crippen molar-refractivity contribution in [3.8, 4) is 0 Å². The van der Waals surface area contributed by atoms with Crippen LogP contribution in [0.1, 0.15) is 13.8 Å². The Morgan fingerprint density at radius 2 is 0.881 bits per heavy atom. The van der Waals surface area contributed by atoms with Crippen molar-refractivity contribution in [2.24, 2.45) is 0 Å². The predicted molar refractivity (Wildman–Crippen MR) is 145 cm³/mol. The second-order valence-corrected chi connectivity index (χ2v) is 7.67. The monoisotopic (exact) mass is 595 g/mol. The Morgan fingerprint density at radius 1 is 0.571 bits per heavy atom. The Bertz CT molecular complexity index is 1210. The number of hydrogen-bond acceptors (Lipinski definition) is 13. The third kappa shape index (κ3) is 13.7. The Kier molecular flexibility index (Phi) is 17.2. The van der Waals surface area contributed by atoms with Gasteiger partial charge in [-0.3, -0.25) is 4.79 Å². The van der Waals surface area contributed by atoms with Gasteiger partial charge in [-0.25, -0.2) is 47.3 Å². The van der Waals surface area contributed by atoms with Gasteiger partial charge in [-0.1, -0.05) is 26.3 Å². The van der Waals surface area contributed by atoms with Gasteiger partial charge in [0.15, 0.2) is 0 Å². The fraction of sp³-hybridized carbons (Fsp3) is 0.385. The first kappa shape index (κ1) is 36.7. The van der Waals surface area contributed by atoms with Crippen LogP contribution in [0.25, 0.3) is 0 Å². The molecule has 0 fully saturated rings. The number of aromatic nitrogens is 3. The summed E-state index contributed by atoms with van der Waals surface area (Å²) in [6.45, 7) is 14.0. The number of carbonyl (C=O) groups excluding carboxylic acids is 5. The van der Waals surface area contributed by atoms with Crippen molar-refractivity contribution in [1.82, 2.24) is 13.7 Å². The van der Waals surface area contributed by atoms with E-state index in [-0.39, 0.29) is 58.6 Å².